The van der Waals surface area contributed by atoms with Gasteiger partial charge in [0.05, 0.1) is 12.8 Å². The molecule has 2 aromatic rings. The Kier molecular flexibility index (Phi) is 19.0. The largest absolute Gasteiger partial charge is 1.00 e. The summed E-state index contributed by atoms with van der Waals surface area (Å²) in [6.07, 6.45) is 1.47. The second kappa shape index (κ2) is 20.6. The maximum absolute atomic E-state index is 12.5. The minimum atomic E-state index is -2.74. The van der Waals surface area contributed by atoms with Gasteiger partial charge >= 0.3 is 47.5 Å². The van der Waals surface area contributed by atoms with E-state index >= 15 is 0 Å². The van der Waals surface area contributed by atoms with Crippen molar-refractivity contribution in [3.63, 3.8) is 0 Å². The van der Waals surface area contributed by atoms with Crippen LogP contribution in [-0.2, 0) is 30.4 Å². The molecule has 1 aliphatic heterocycles. The van der Waals surface area contributed by atoms with Crippen molar-refractivity contribution < 1.29 is 79.1 Å². The van der Waals surface area contributed by atoms with Crippen LogP contribution in [-0.4, -0.2) is 86.4 Å². The van der Waals surface area contributed by atoms with Gasteiger partial charge in [-0.25, -0.2) is 4.79 Å². The molecular formula is C30H39N2NaO10. The summed E-state index contributed by atoms with van der Waals surface area (Å²) < 4.78 is 0. The third-order valence-electron chi connectivity index (χ3n) is 6.37. The molecule has 1 amide bonds. The predicted octanol–water partition coefficient (Wildman–Crippen LogP) is -1.35. The summed E-state index contributed by atoms with van der Waals surface area (Å²) in [5.41, 5.74) is -0.300. The van der Waals surface area contributed by atoms with Crippen LogP contribution in [0.15, 0.2) is 60.7 Å². The van der Waals surface area contributed by atoms with Crippen LogP contribution in [0, 0.1) is 0 Å². The molecule has 0 saturated carbocycles. The molecule has 1 fully saturated rings. The van der Waals surface area contributed by atoms with E-state index in [0.29, 0.717) is 12.5 Å². The van der Waals surface area contributed by atoms with Gasteiger partial charge in [-0.15, -0.1) is 0 Å². The van der Waals surface area contributed by atoms with Crippen LogP contribution in [0.3, 0.4) is 0 Å². The number of carboxylic acid groups (broad SMARTS) is 4. The summed E-state index contributed by atoms with van der Waals surface area (Å²) in [7, 11) is 0. The van der Waals surface area contributed by atoms with Crippen molar-refractivity contribution in [2.75, 3.05) is 24.5 Å². The number of benzene rings is 2. The van der Waals surface area contributed by atoms with Crippen LogP contribution < -0.4 is 39.6 Å². The molecule has 0 aliphatic carbocycles. The topological polar surface area (TPSA) is 196 Å². The first-order valence-corrected chi connectivity index (χ1v) is 13.5. The Hall–Kier alpha value is -3.29. The van der Waals surface area contributed by atoms with Crippen LogP contribution in [0.5, 0.6) is 0 Å². The molecule has 3 rings (SSSR count). The minimum absolute atomic E-state index is 0. The van der Waals surface area contributed by atoms with Crippen LogP contribution in [0.4, 0.5) is 5.69 Å². The van der Waals surface area contributed by atoms with Gasteiger partial charge in [-0.1, -0.05) is 55.5 Å². The first-order chi connectivity index (χ1) is 19.8. The van der Waals surface area contributed by atoms with Gasteiger partial charge in [-0.3, -0.25) is 14.4 Å². The Morgan fingerprint density at radius 3 is 1.72 bits per heavy atom. The standard InChI is InChI=1S/C22H28N2O.C6H8O7.C2H4O2.Na/c1-2-22(25)24(20-11-7-4-8-12-20)21-14-17-23(18-15-21)16-13-19-9-5-3-6-10-19;7-3(8)1-6(13,5(11)12)2-4(9)10;1-2(3)4;/h3-12,21H,2,13-18H2,1H3;13H,1-2H2,(H,7,8)(H,9,10)(H,11,12);1H3,(H,3,4);/q;;;+1/p-1. The number of hydrogen-bond acceptors (Lipinski definition) is 8. The summed E-state index contributed by atoms with van der Waals surface area (Å²) in [6.45, 7) is 6.16. The number of likely N-dealkylation sites (tertiary alicyclic amines) is 1. The van der Waals surface area contributed by atoms with E-state index in [1.165, 1.54) is 5.56 Å². The Morgan fingerprint density at radius 2 is 1.33 bits per heavy atom. The van der Waals surface area contributed by atoms with Gasteiger partial charge in [-0.2, -0.15) is 0 Å². The quantitative estimate of drug-likeness (QED) is 0.220. The smallest absolute Gasteiger partial charge is 0.550 e. The first kappa shape index (κ1) is 39.7. The van der Waals surface area contributed by atoms with Gasteiger partial charge in [0, 0.05) is 43.8 Å². The molecule has 0 unspecified atom stereocenters. The fourth-order valence-corrected chi connectivity index (χ4v) is 4.36. The normalized spacial score (nSPS) is 13.1. The number of piperidine rings is 1. The molecule has 13 heteroatoms. The fraction of sp³-hybridized carbons (Fsp3) is 0.433. The molecule has 0 aromatic heterocycles. The summed E-state index contributed by atoms with van der Waals surface area (Å²) >= 11 is 0. The Morgan fingerprint density at radius 1 is 0.884 bits per heavy atom. The third kappa shape index (κ3) is 15.7. The molecular weight excluding hydrogens is 571 g/mol. The van der Waals surface area contributed by atoms with E-state index in [4.69, 9.17) is 30.3 Å². The SMILES string of the molecule is CC(=O)[O-].CCC(=O)N(c1ccccc1)C1CCN(CCc2ccccc2)CC1.O=C(O)CC(O)(CC(=O)O)C(=O)O.[Na+]. The molecule has 4 N–H and O–H groups in total. The second-order valence-corrected chi connectivity index (χ2v) is 9.73. The number of rotatable bonds is 11. The van der Waals surface area contributed by atoms with Crippen molar-refractivity contribution in [2.45, 2.75) is 64.0 Å². The van der Waals surface area contributed by atoms with E-state index < -0.39 is 42.3 Å². The van der Waals surface area contributed by atoms with Crippen LogP contribution in [0.25, 0.3) is 0 Å². The van der Waals surface area contributed by atoms with Gasteiger partial charge in [0.1, 0.15) is 0 Å². The number of aliphatic carboxylic acids is 4. The third-order valence-corrected chi connectivity index (χ3v) is 6.37. The molecule has 1 saturated heterocycles. The van der Waals surface area contributed by atoms with E-state index in [9.17, 15) is 19.2 Å². The first-order valence-electron chi connectivity index (χ1n) is 13.5. The predicted molar refractivity (Wildman–Crippen MR) is 152 cm³/mol. The van der Waals surface area contributed by atoms with E-state index in [2.05, 4.69) is 47.4 Å². The van der Waals surface area contributed by atoms with Crippen LogP contribution >= 0.6 is 0 Å². The molecule has 1 aliphatic rings. The number of hydrogen-bond donors (Lipinski definition) is 4. The number of amides is 1. The molecule has 12 nitrogen and oxygen atoms in total. The second-order valence-electron chi connectivity index (χ2n) is 9.73. The summed E-state index contributed by atoms with van der Waals surface area (Å²) in [5.74, 6) is -5.87. The average Bonchev–Trinajstić information content (AvgIpc) is 2.93. The number of aliphatic hydroxyl groups is 1. The Labute approximate surface area is 273 Å². The van der Waals surface area contributed by atoms with Crippen molar-refractivity contribution in [1.29, 1.82) is 0 Å². The monoisotopic (exact) mass is 610 g/mol. The van der Waals surface area contributed by atoms with Gasteiger partial charge in [0.2, 0.25) is 5.91 Å². The van der Waals surface area contributed by atoms with E-state index in [1.54, 1.807) is 0 Å². The van der Waals surface area contributed by atoms with E-state index in [0.717, 1.165) is 51.5 Å². The summed E-state index contributed by atoms with van der Waals surface area (Å²) in [6, 6.07) is 21.1. The number of nitrogens with zero attached hydrogens (tertiary/aromatic N) is 2. The van der Waals surface area contributed by atoms with E-state index in [-0.39, 0.29) is 35.5 Å². The molecule has 0 spiro atoms. The maximum Gasteiger partial charge on any atom is 1.00 e. The Bertz CT molecular complexity index is 1140. The molecule has 230 valence electrons. The van der Waals surface area contributed by atoms with Crippen LogP contribution in [0.1, 0.15) is 51.5 Å². The molecule has 43 heavy (non-hydrogen) atoms. The zero-order valence-corrected chi connectivity index (χ0v) is 26.8. The summed E-state index contributed by atoms with van der Waals surface area (Å²) in [5, 5.41) is 42.7. The van der Waals surface area contributed by atoms with Gasteiger partial charge in [0.25, 0.3) is 0 Å². The van der Waals surface area contributed by atoms with Gasteiger partial charge < -0.3 is 40.1 Å². The van der Waals surface area contributed by atoms with Crippen molar-refractivity contribution in [3.8, 4) is 0 Å². The maximum atomic E-state index is 12.5. The van der Waals surface area contributed by atoms with Crippen molar-refractivity contribution in [3.05, 3.63) is 66.2 Å². The molecule has 1 heterocycles. The zero-order chi connectivity index (χ0) is 31.7. The average molecular weight is 611 g/mol. The van der Waals surface area contributed by atoms with E-state index in [1.807, 2.05) is 30.0 Å². The molecule has 0 bridgehead atoms. The fourth-order valence-electron chi connectivity index (χ4n) is 4.36. The molecule has 0 radical (unpaired) electrons. The van der Waals surface area contributed by atoms with Crippen molar-refractivity contribution >= 4 is 35.5 Å². The molecule has 2 aromatic carbocycles. The van der Waals surface area contributed by atoms with Gasteiger partial charge in [-0.05, 0) is 43.9 Å². The Balaban J connectivity index is 0.000000830. The van der Waals surface area contributed by atoms with Crippen LogP contribution in [0.2, 0.25) is 0 Å². The van der Waals surface area contributed by atoms with Crippen molar-refractivity contribution in [2.24, 2.45) is 0 Å². The van der Waals surface area contributed by atoms with Crippen molar-refractivity contribution in [1.82, 2.24) is 4.90 Å². The number of para-hydroxylation sites is 1. The number of anilines is 1. The van der Waals surface area contributed by atoms with Gasteiger partial charge in [0.15, 0.2) is 5.60 Å². The number of carbonyl (C=O) groups excluding carboxylic acids is 2. The molecule has 0 atom stereocenters. The zero-order valence-electron chi connectivity index (χ0n) is 24.8. The summed E-state index contributed by atoms with van der Waals surface area (Å²) in [4.78, 5) is 56.5. The number of carbonyl (C=O) groups is 5. The number of carboxylic acids is 4. The minimum Gasteiger partial charge on any atom is -0.550 e.